The summed E-state index contributed by atoms with van der Waals surface area (Å²) in [6.07, 6.45) is 3.26. The molecule has 0 amide bonds. The van der Waals surface area contributed by atoms with Gasteiger partial charge in [-0.25, -0.2) is 9.78 Å². The summed E-state index contributed by atoms with van der Waals surface area (Å²) < 4.78 is 7.19. The Morgan fingerprint density at radius 3 is 2.88 bits per heavy atom. The van der Waals surface area contributed by atoms with E-state index in [4.69, 9.17) is 16.3 Å². The first-order valence-corrected chi connectivity index (χ1v) is 7.84. The van der Waals surface area contributed by atoms with Gasteiger partial charge in [-0.05, 0) is 31.2 Å². The summed E-state index contributed by atoms with van der Waals surface area (Å²) in [6, 6.07) is 8.95. The minimum Gasteiger partial charge on any atom is -0.491 e. The standard InChI is InChI=1S/C17H13ClN4O2/c1-2-24-14-6-8-20-16-15(14)22(17(23)21-16)10-3-4-13-11(9-10)12(18)5-7-19-13/h3-9H,2H2,1H3,(H,20,21,23). The number of halogens is 1. The van der Waals surface area contributed by atoms with Gasteiger partial charge in [0, 0.05) is 23.8 Å². The van der Waals surface area contributed by atoms with E-state index in [1.165, 1.54) is 4.57 Å². The molecule has 3 heterocycles. The van der Waals surface area contributed by atoms with Gasteiger partial charge in [0.05, 0.1) is 22.8 Å². The summed E-state index contributed by atoms with van der Waals surface area (Å²) in [5.41, 5.74) is 2.22. The average Bonchev–Trinajstić information content (AvgIpc) is 2.92. The van der Waals surface area contributed by atoms with Crippen LogP contribution in [0.2, 0.25) is 5.02 Å². The zero-order chi connectivity index (χ0) is 16.7. The van der Waals surface area contributed by atoms with E-state index in [0.717, 1.165) is 10.9 Å². The van der Waals surface area contributed by atoms with Crippen LogP contribution in [0.25, 0.3) is 27.8 Å². The van der Waals surface area contributed by atoms with Crippen molar-refractivity contribution < 1.29 is 4.74 Å². The van der Waals surface area contributed by atoms with Crippen molar-refractivity contribution in [1.29, 1.82) is 0 Å². The van der Waals surface area contributed by atoms with Gasteiger partial charge in [-0.15, -0.1) is 0 Å². The van der Waals surface area contributed by atoms with Crippen molar-refractivity contribution in [3.05, 3.63) is 58.2 Å². The lowest BCUT2D eigenvalue weighted by Crippen LogP contribution is -2.15. The zero-order valence-electron chi connectivity index (χ0n) is 12.8. The van der Waals surface area contributed by atoms with Gasteiger partial charge in [-0.2, -0.15) is 0 Å². The van der Waals surface area contributed by atoms with Crippen molar-refractivity contribution >= 4 is 33.7 Å². The van der Waals surface area contributed by atoms with Gasteiger partial charge in [-0.1, -0.05) is 11.6 Å². The fourth-order valence-electron chi connectivity index (χ4n) is 2.76. The fraction of sp³-hybridized carbons (Fsp3) is 0.118. The molecule has 0 bridgehead atoms. The maximum absolute atomic E-state index is 12.5. The maximum atomic E-state index is 12.5. The molecule has 120 valence electrons. The van der Waals surface area contributed by atoms with E-state index in [9.17, 15) is 4.79 Å². The number of imidazole rings is 1. The van der Waals surface area contributed by atoms with Crippen LogP contribution in [0, 0.1) is 0 Å². The van der Waals surface area contributed by atoms with E-state index < -0.39 is 0 Å². The van der Waals surface area contributed by atoms with Crippen molar-refractivity contribution in [2.24, 2.45) is 0 Å². The van der Waals surface area contributed by atoms with E-state index in [0.29, 0.717) is 34.2 Å². The number of rotatable bonds is 3. The number of hydrogen-bond donors (Lipinski definition) is 1. The summed E-state index contributed by atoms with van der Waals surface area (Å²) in [4.78, 5) is 23.7. The molecule has 0 aliphatic heterocycles. The first kappa shape index (κ1) is 14.7. The lowest BCUT2D eigenvalue weighted by Gasteiger charge is -2.09. The Bertz CT molecular complexity index is 1120. The number of benzene rings is 1. The van der Waals surface area contributed by atoms with Crippen molar-refractivity contribution in [2.45, 2.75) is 6.92 Å². The molecule has 7 heteroatoms. The third-order valence-corrected chi connectivity index (χ3v) is 4.10. The highest BCUT2D eigenvalue weighted by atomic mass is 35.5. The summed E-state index contributed by atoms with van der Waals surface area (Å²) >= 11 is 6.26. The number of H-pyrrole nitrogens is 1. The molecule has 0 saturated heterocycles. The summed E-state index contributed by atoms with van der Waals surface area (Å²) in [5.74, 6) is 0.596. The molecule has 4 aromatic rings. The molecular weight excluding hydrogens is 328 g/mol. The Labute approximate surface area is 141 Å². The molecule has 0 radical (unpaired) electrons. The van der Waals surface area contributed by atoms with Crippen LogP contribution in [-0.4, -0.2) is 26.1 Å². The molecule has 0 aliphatic carbocycles. The van der Waals surface area contributed by atoms with Gasteiger partial charge in [0.2, 0.25) is 0 Å². The SMILES string of the molecule is CCOc1ccnc2[nH]c(=O)n(-c3ccc4nccc(Cl)c4c3)c12. The Kier molecular flexibility index (Phi) is 3.46. The van der Waals surface area contributed by atoms with Gasteiger partial charge in [0.1, 0.15) is 11.3 Å². The smallest absolute Gasteiger partial charge is 0.332 e. The number of fused-ring (bicyclic) bond motifs is 2. The van der Waals surface area contributed by atoms with Crippen LogP contribution in [0.4, 0.5) is 0 Å². The van der Waals surface area contributed by atoms with Gasteiger partial charge < -0.3 is 4.74 Å². The molecule has 0 unspecified atom stereocenters. The predicted molar refractivity (Wildman–Crippen MR) is 93.2 cm³/mol. The molecule has 24 heavy (non-hydrogen) atoms. The average molecular weight is 341 g/mol. The number of nitrogens with zero attached hydrogens (tertiary/aromatic N) is 3. The van der Waals surface area contributed by atoms with Crippen LogP contribution in [0.3, 0.4) is 0 Å². The highest BCUT2D eigenvalue weighted by Crippen LogP contribution is 2.28. The topological polar surface area (TPSA) is 72.8 Å². The Morgan fingerprint density at radius 2 is 2.04 bits per heavy atom. The van der Waals surface area contributed by atoms with Crippen LogP contribution in [0.1, 0.15) is 6.92 Å². The van der Waals surface area contributed by atoms with E-state index >= 15 is 0 Å². The summed E-state index contributed by atoms with van der Waals surface area (Å²) in [7, 11) is 0. The van der Waals surface area contributed by atoms with Crippen molar-refractivity contribution in [1.82, 2.24) is 19.5 Å². The number of aromatic nitrogens is 4. The number of pyridine rings is 2. The molecule has 1 aromatic carbocycles. The molecule has 3 aromatic heterocycles. The monoisotopic (exact) mass is 340 g/mol. The predicted octanol–water partition coefficient (Wildman–Crippen LogP) is 3.31. The third kappa shape index (κ3) is 2.23. The number of aromatic amines is 1. The van der Waals surface area contributed by atoms with Crippen molar-refractivity contribution in [3.8, 4) is 11.4 Å². The van der Waals surface area contributed by atoms with Crippen LogP contribution in [0.5, 0.6) is 5.75 Å². The van der Waals surface area contributed by atoms with Crippen molar-refractivity contribution in [2.75, 3.05) is 6.61 Å². The number of hydrogen-bond acceptors (Lipinski definition) is 4. The van der Waals surface area contributed by atoms with Gasteiger partial charge >= 0.3 is 5.69 Å². The first-order chi connectivity index (χ1) is 11.7. The van der Waals surface area contributed by atoms with Crippen LogP contribution >= 0.6 is 11.6 Å². The van der Waals surface area contributed by atoms with Gasteiger partial charge in [0.25, 0.3) is 0 Å². The molecule has 0 aliphatic rings. The van der Waals surface area contributed by atoms with Crippen LogP contribution in [-0.2, 0) is 0 Å². The van der Waals surface area contributed by atoms with Crippen LogP contribution in [0.15, 0.2) is 47.5 Å². The largest absolute Gasteiger partial charge is 0.491 e. The van der Waals surface area contributed by atoms with Gasteiger partial charge in [-0.3, -0.25) is 14.5 Å². The molecule has 0 spiro atoms. The normalized spacial score (nSPS) is 11.2. The maximum Gasteiger partial charge on any atom is 0.332 e. The second-order valence-corrected chi connectivity index (χ2v) is 5.61. The zero-order valence-corrected chi connectivity index (χ0v) is 13.5. The molecule has 4 rings (SSSR count). The second kappa shape index (κ2) is 5.65. The van der Waals surface area contributed by atoms with E-state index in [2.05, 4.69) is 15.0 Å². The Hall–Kier alpha value is -2.86. The fourth-order valence-corrected chi connectivity index (χ4v) is 2.97. The second-order valence-electron chi connectivity index (χ2n) is 5.20. The third-order valence-electron chi connectivity index (χ3n) is 3.77. The highest BCUT2D eigenvalue weighted by molar-refractivity contribution is 6.35. The quantitative estimate of drug-likeness (QED) is 0.621. The molecular formula is C17H13ClN4O2. The first-order valence-electron chi connectivity index (χ1n) is 7.46. The molecule has 0 atom stereocenters. The number of ether oxygens (including phenoxy) is 1. The molecule has 0 saturated carbocycles. The molecule has 1 N–H and O–H groups in total. The minimum atomic E-state index is -0.288. The van der Waals surface area contributed by atoms with Crippen LogP contribution < -0.4 is 10.4 Å². The lowest BCUT2D eigenvalue weighted by atomic mass is 10.2. The highest BCUT2D eigenvalue weighted by Gasteiger charge is 2.15. The number of nitrogens with one attached hydrogen (secondary N) is 1. The Balaban J connectivity index is 2.04. The molecule has 6 nitrogen and oxygen atoms in total. The summed E-state index contributed by atoms with van der Waals surface area (Å²) in [6.45, 7) is 2.38. The lowest BCUT2D eigenvalue weighted by molar-refractivity contribution is 0.343. The Morgan fingerprint density at radius 1 is 1.21 bits per heavy atom. The van der Waals surface area contributed by atoms with E-state index in [1.807, 2.05) is 25.1 Å². The molecule has 0 fully saturated rings. The van der Waals surface area contributed by atoms with E-state index in [-0.39, 0.29) is 5.69 Å². The van der Waals surface area contributed by atoms with Gasteiger partial charge in [0.15, 0.2) is 5.65 Å². The summed E-state index contributed by atoms with van der Waals surface area (Å²) in [5, 5.41) is 1.36. The van der Waals surface area contributed by atoms with E-state index in [1.54, 1.807) is 24.5 Å². The van der Waals surface area contributed by atoms with Crippen molar-refractivity contribution in [3.63, 3.8) is 0 Å². The minimum absolute atomic E-state index is 0.288.